The topological polar surface area (TPSA) is 62.5 Å². The number of anilines is 1. The number of carbonyl (C=O) groups excluding carboxylic acids is 1. The Morgan fingerprint density at radius 3 is 2.71 bits per heavy atom. The van der Waals surface area contributed by atoms with Crippen molar-refractivity contribution in [1.82, 2.24) is 0 Å². The highest BCUT2D eigenvalue weighted by Crippen LogP contribution is 2.32. The highest BCUT2D eigenvalue weighted by atomic mass is 127. The van der Waals surface area contributed by atoms with E-state index in [9.17, 15) is 4.79 Å². The fourth-order valence-electron chi connectivity index (χ4n) is 2.23. The molecule has 4 nitrogen and oxygen atoms in total. The monoisotopic (exact) mass is 453 g/mol. The quantitative estimate of drug-likeness (QED) is 0.550. The second-order valence-corrected chi connectivity index (χ2v) is 6.74. The van der Waals surface area contributed by atoms with Crippen molar-refractivity contribution in [3.05, 3.63) is 74.5 Å². The van der Waals surface area contributed by atoms with Crippen LogP contribution < -0.4 is 5.32 Å². The van der Waals surface area contributed by atoms with Crippen LogP contribution in [0, 0.1) is 3.57 Å². The second-order valence-electron chi connectivity index (χ2n) is 5.08. The van der Waals surface area contributed by atoms with Gasteiger partial charge in [0, 0.05) is 20.4 Å². The van der Waals surface area contributed by atoms with Crippen LogP contribution in [0.25, 0.3) is 11.3 Å². The van der Waals surface area contributed by atoms with Crippen molar-refractivity contribution >= 4 is 45.8 Å². The minimum Gasteiger partial charge on any atom is -0.459 e. The molecule has 1 amide bonds. The van der Waals surface area contributed by atoms with Crippen molar-refractivity contribution in [2.75, 3.05) is 5.32 Å². The van der Waals surface area contributed by atoms with Crippen LogP contribution in [0.15, 0.2) is 59.0 Å². The van der Waals surface area contributed by atoms with E-state index in [1.807, 2.05) is 18.2 Å². The predicted molar refractivity (Wildman–Crippen MR) is 102 cm³/mol. The number of amides is 1. The lowest BCUT2D eigenvalue weighted by Gasteiger charge is -2.08. The largest absolute Gasteiger partial charge is 0.459 e. The summed E-state index contributed by atoms with van der Waals surface area (Å²) in [6, 6.07) is 15.9. The fraction of sp³-hybridized carbons (Fsp3) is 0.0556. The molecule has 0 radical (unpaired) electrons. The van der Waals surface area contributed by atoms with Gasteiger partial charge in [-0.25, -0.2) is 0 Å². The Hall–Kier alpha value is -1.83. The van der Waals surface area contributed by atoms with E-state index in [-0.39, 0.29) is 12.5 Å². The Kier molecular flexibility index (Phi) is 5.23. The molecule has 0 unspecified atom stereocenters. The molecule has 3 rings (SSSR count). The fourth-order valence-corrected chi connectivity index (χ4v) is 2.99. The van der Waals surface area contributed by atoms with E-state index in [1.54, 1.807) is 36.4 Å². The van der Waals surface area contributed by atoms with Crippen LogP contribution in [0.5, 0.6) is 0 Å². The average Bonchev–Trinajstić information content (AvgIpc) is 3.05. The Balaban J connectivity index is 1.87. The molecule has 6 heteroatoms. The zero-order chi connectivity index (χ0) is 17.1. The van der Waals surface area contributed by atoms with Gasteiger partial charge < -0.3 is 14.8 Å². The molecule has 0 saturated heterocycles. The van der Waals surface area contributed by atoms with E-state index in [0.717, 1.165) is 3.57 Å². The molecule has 2 N–H and O–H groups in total. The minimum absolute atomic E-state index is 0.180. The lowest BCUT2D eigenvalue weighted by atomic mass is 10.1. The van der Waals surface area contributed by atoms with Gasteiger partial charge in [-0.2, -0.15) is 0 Å². The van der Waals surface area contributed by atoms with Crippen LogP contribution >= 0.6 is 34.2 Å². The molecule has 0 spiro atoms. The zero-order valence-electron chi connectivity index (χ0n) is 12.4. The van der Waals surface area contributed by atoms with Gasteiger partial charge >= 0.3 is 0 Å². The summed E-state index contributed by atoms with van der Waals surface area (Å²) in [5, 5.41) is 12.5. The van der Waals surface area contributed by atoms with Gasteiger partial charge in [0.2, 0.25) is 0 Å². The number of halogens is 2. The molecule has 0 bridgehead atoms. The Labute approximate surface area is 157 Å². The summed E-state index contributed by atoms with van der Waals surface area (Å²) in [4.78, 5) is 12.3. The molecular formula is C18H13ClINO3. The van der Waals surface area contributed by atoms with Crippen molar-refractivity contribution in [1.29, 1.82) is 0 Å². The maximum atomic E-state index is 12.3. The Morgan fingerprint density at radius 2 is 2.00 bits per heavy atom. The van der Waals surface area contributed by atoms with Gasteiger partial charge in [0.25, 0.3) is 5.91 Å². The Morgan fingerprint density at radius 1 is 1.17 bits per heavy atom. The number of nitrogens with one attached hydrogen (secondary N) is 1. The summed E-state index contributed by atoms with van der Waals surface area (Å²) in [6.07, 6.45) is 0. The molecule has 0 aliphatic rings. The molecular weight excluding hydrogens is 441 g/mol. The second kappa shape index (κ2) is 7.38. The number of aliphatic hydroxyl groups excluding tert-OH is 1. The molecule has 0 aliphatic carbocycles. The molecule has 24 heavy (non-hydrogen) atoms. The minimum atomic E-state index is -0.197. The van der Waals surface area contributed by atoms with Crippen molar-refractivity contribution < 1.29 is 14.3 Å². The molecule has 1 aromatic heterocycles. The first-order valence-corrected chi connectivity index (χ1v) is 8.59. The van der Waals surface area contributed by atoms with Gasteiger partial charge in [-0.15, -0.1) is 0 Å². The number of rotatable bonds is 4. The number of carbonyl (C=O) groups is 1. The van der Waals surface area contributed by atoms with Gasteiger partial charge in [0.1, 0.15) is 18.1 Å². The maximum Gasteiger partial charge on any atom is 0.255 e. The SMILES string of the molecule is O=C(Nc1ccc(Cl)c(-c2ccc(CO)o2)c1)c1cccc(I)c1. The smallest absolute Gasteiger partial charge is 0.255 e. The third-order valence-electron chi connectivity index (χ3n) is 3.39. The van der Waals surface area contributed by atoms with Crippen molar-refractivity contribution in [3.8, 4) is 11.3 Å². The molecule has 0 atom stereocenters. The summed E-state index contributed by atoms with van der Waals surface area (Å²) >= 11 is 8.38. The summed E-state index contributed by atoms with van der Waals surface area (Å²) in [5.74, 6) is 0.793. The number of benzene rings is 2. The third-order valence-corrected chi connectivity index (χ3v) is 4.39. The number of hydrogen-bond donors (Lipinski definition) is 2. The predicted octanol–water partition coefficient (Wildman–Crippen LogP) is 4.95. The van der Waals surface area contributed by atoms with E-state index in [2.05, 4.69) is 27.9 Å². The van der Waals surface area contributed by atoms with Crippen LogP contribution in [0.3, 0.4) is 0 Å². The normalized spacial score (nSPS) is 10.6. The van der Waals surface area contributed by atoms with Gasteiger partial charge in [0.15, 0.2) is 0 Å². The van der Waals surface area contributed by atoms with Crippen LogP contribution in [-0.4, -0.2) is 11.0 Å². The highest BCUT2D eigenvalue weighted by Gasteiger charge is 2.12. The number of aliphatic hydroxyl groups is 1. The summed E-state index contributed by atoms with van der Waals surface area (Å²) < 4.78 is 6.50. The molecule has 0 fully saturated rings. The highest BCUT2D eigenvalue weighted by molar-refractivity contribution is 14.1. The first kappa shape index (κ1) is 17.0. The summed E-state index contributed by atoms with van der Waals surface area (Å²) in [5.41, 5.74) is 1.84. The van der Waals surface area contributed by atoms with Crippen LogP contribution in [0.1, 0.15) is 16.1 Å². The van der Waals surface area contributed by atoms with Gasteiger partial charge in [-0.3, -0.25) is 4.79 Å². The van der Waals surface area contributed by atoms with E-state index in [1.165, 1.54) is 0 Å². The molecule has 2 aromatic carbocycles. The first-order valence-electron chi connectivity index (χ1n) is 7.13. The summed E-state index contributed by atoms with van der Waals surface area (Å²) in [6.45, 7) is -0.180. The van der Waals surface area contributed by atoms with Crippen LogP contribution in [0.2, 0.25) is 5.02 Å². The molecule has 122 valence electrons. The zero-order valence-corrected chi connectivity index (χ0v) is 15.3. The number of furan rings is 1. The molecule has 3 aromatic rings. The van der Waals surface area contributed by atoms with Gasteiger partial charge in [-0.05, 0) is 71.1 Å². The summed E-state index contributed by atoms with van der Waals surface area (Å²) in [7, 11) is 0. The molecule has 1 heterocycles. The van der Waals surface area contributed by atoms with Gasteiger partial charge in [-0.1, -0.05) is 17.7 Å². The molecule has 0 aliphatic heterocycles. The Bertz CT molecular complexity index is 891. The van der Waals surface area contributed by atoms with Crippen molar-refractivity contribution in [2.24, 2.45) is 0 Å². The van der Waals surface area contributed by atoms with Crippen molar-refractivity contribution in [2.45, 2.75) is 6.61 Å². The van der Waals surface area contributed by atoms with Gasteiger partial charge in [0.05, 0.1) is 5.02 Å². The average molecular weight is 454 g/mol. The van der Waals surface area contributed by atoms with Crippen LogP contribution in [-0.2, 0) is 6.61 Å². The third kappa shape index (κ3) is 3.80. The van der Waals surface area contributed by atoms with E-state index in [0.29, 0.717) is 33.4 Å². The van der Waals surface area contributed by atoms with E-state index < -0.39 is 0 Å². The van der Waals surface area contributed by atoms with E-state index in [4.69, 9.17) is 21.1 Å². The van der Waals surface area contributed by atoms with Crippen LogP contribution in [0.4, 0.5) is 5.69 Å². The number of hydrogen-bond acceptors (Lipinski definition) is 3. The standard InChI is InChI=1S/C18H13ClINO3/c19-16-6-4-13(9-15(16)17-7-5-14(10-22)24-17)21-18(23)11-2-1-3-12(20)8-11/h1-9,22H,10H2,(H,21,23). The van der Waals surface area contributed by atoms with E-state index >= 15 is 0 Å². The molecule has 0 saturated carbocycles. The maximum absolute atomic E-state index is 12.3. The van der Waals surface area contributed by atoms with Crippen molar-refractivity contribution in [3.63, 3.8) is 0 Å². The first-order chi connectivity index (χ1) is 11.6. The lowest BCUT2D eigenvalue weighted by Crippen LogP contribution is -2.11. The lowest BCUT2D eigenvalue weighted by molar-refractivity contribution is 0.102.